The van der Waals surface area contributed by atoms with Crippen molar-refractivity contribution in [1.82, 2.24) is 0 Å². The molecule has 0 radical (unpaired) electrons. The van der Waals surface area contributed by atoms with E-state index < -0.39 is 47.6 Å². The highest BCUT2D eigenvalue weighted by Gasteiger charge is 2.65. The van der Waals surface area contributed by atoms with Gasteiger partial charge in [-0.1, -0.05) is 12.5 Å². The molecule has 3 saturated heterocycles. The zero-order valence-electron chi connectivity index (χ0n) is 19.6. The van der Waals surface area contributed by atoms with Crippen LogP contribution >= 0.6 is 0 Å². The van der Waals surface area contributed by atoms with Gasteiger partial charge in [-0.05, 0) is 32.8 Å². The number of esters is 2. The van der Waals surface area contributed by atoms with Crippen LogP contribution in [0.5, 0.6) is 0 Å². The maximum absolute atomic E-state index is 13.1. The summed E-state index contributed by atoms with van der Waals surface area (Å²) in [5, 5.41) is 11.5. The number of carbonyl (C=O) groups excluding carboxylic acids is 3. The smallest absolute Gasteiger partial charge is 0.303 e. The maximum atomic E-state index is 13.1. The van der Waals surface area contributed by atoms with E-state index in [4.69, 9.17) is 18.9 Å². The van der Waals surface area contributed by atoms with Crippen molar-refractivity contribution in [2.75, 3.05) is 6.61 Å². The van der Waals surface area contributed by atoms with Gasteiger partial charge >= 0.3 is 11.9 Å². The van der Waals surface area contributed by atoms with Gasteiger partial charge in [-0.3, -0.25) is 14.4 Å². The molecule has 4 aliphatic rings. The summed E-state index contributed by atoms with van der Waals surface area (Å²) in [6.07, 6.45) is -0.689. The number of hydrogen-bond acceptors (Lipinski definition) is 8. The molecule has 3 heterocycles. The Morgan fingerprint density at radius 1 is 1.12 bits per heavy atom. The van der Waals surface area contributed by atoms with E-state index in [9.17, 15) is 19.5 Å². The molecule has 178 valence electrons. The second-order valence-electron chi connectivity index (χ2n) is 10.5. The van der Waals surface area contributed by atoms with Crippen molar-refractivity contribution in [1.29, 1.82) is 0 Å². The minimum absolute atomic E-state index is 0.0467. The summed E-state index contributed by atoms with van der Waals surface area (Å²) >= 11 is 0. The predicted molar refractivity (Wildman–Crippen MR) is 112 cm³/mol. The Balaban J connectivity index is 1.89. The fourth-order valence-electron chi connectivity index (χ4n) is 6.50. The predicted octanol–water partition coefficient (Wildman–Crippen LogP) is 1.96. The molecule has 0 aromatic rings. The zero-order valence-corrected chi connectivity index (χ0v) is 19.6. The average molecular weight is 451 g/mol. The average Bonchev–Trinajstić information content (AvgIpc) is 2.98. The Morgan fingerprint density at radius 3 is 2.38 bits per heavy atom. The van der Waals surface area contributed by atoms with Crippen molar-refractivity contribution >= 4 is 17.7 Å². The lowest BCUT2D eigenvalue weighted by Gasteiger charge is -2.44. The normalized spacial score (nSPS) is 48.0. The molecule has 1 aliphatic carbocycles. The number of carbonyl (C=O) groups is 3. The van der Waals surface area contributed by atoms with Gasteiger partial charge in [-0.15, -0.1) is 0 Å². The molecule has 10 atom stereocenters. The van der Waals surface area contributed by atoms with Gasteiger partial charge in [0, 0.05) is 44.4 Å². The van der Waals surface area contributed by atoms with Crippen LogP contribution in [0.3, 0.4) is 0 Å². The lowest BCUT2D eigenvalue weighted by Crippen LogP contribution is -2.58. The third kappa shape index (κ3) is 3.70. The molecule has 0 aromatic heterocycles. The molecule has 6 unspecified atom stereocenters. The van der Waals surface area contributed by atoms with Gasteiger partial charge in [-0.2, -0.15) is 0 Å². The lowest BCUT2D eigenvalue weighted by atomic mass is 9.62. The largest absolute Gasteiger partial charge is 0.459 e. The van der Waals surface area contributed by atoms with E-state index in [1.54, 1.807) is 13.0 Å². The number of allylic oxidation sites excluding steroid dienone is 1. The summed E-state index contributed by atoms with van der Waals surface area (Å²) in [5.74, 6) is -1.52. The van der Waals surface area contributed by atoms with Gasteiger partial charge in [0.2, 0.25) is 0 Å². The first-order chi connectivity index (χ1) is 14.8. The minimum atomic E-state index is -1.43. The molecule has 8 nitrogen and oxygen atoms in total. The second kappa shape index (κ2) is 7.92. The van der Waals surface area contributed by atoms with Crippen LogP contribution in [0, 0.1) is 23.7 Å². The summed E-state index contributed by atoms with van der Waals surface area (Å²) in [7, 11) is 0. The third-order valence-electron chi connectivity index (χ3n) is 7.95. The number of aliphatic hydroxyl groups is 1. The van der Waals surface area contributed by atoms with E-state index in [2.05, 4.69) is 0 Å². The van der Waals surface area contributed by atoms with Crippen LogP contribution in [0.25, 0.3) is 0 Å². The molecule has 2 bridgehead atoms. The van der Waals surface area contributed by atoms with Gasteiger partial charge in [0.15, 0.2) is 5.78 Å². The molecule has 0 saturated carbocycles. The maximum Gasteiger partial charge on any atom is 0.303 e. The van der Waals surface area contributed by atoms with Gasteiger partial charge in [-0.25, -0.2) is 0 Å². The van der Waals surface area contributed by atoms with Crippen molar-refractivity contribution in [2.45, 2.75) is 90.0 Å². The number of ketones is 1. The van der Waals surface area contributed by atoms with Crippen molar-refractivity contribution in [2.24, 2.45) is 23.7 Å². The lowest BCUT2D eigenvalue weighted by molar-refractivity contribution is -0.207. The minimum Gasteiger partial charge on any atom is -0.459 e. The first-order valence-corrected chi connectivity index (χ1v) is 11.4. The molecule has 0 spiro atoms. The summed E-state index contributed by atoms with van der Waals surface area (Å²) in [5.41, 5.74) is -1.59. The van der Waals surface area contributed by atoms with Crippen molar-refractivity contribution in [3.63, 3.8) is 0 Å². The van der Waals surface area contributed by atoms with E-state index in [-0.39, 0.29) is 42.3 Å². The number of hydrogen-bond donors (Lipinski definition) is 1. The monoisotopic (exact) mass is 450 g/mol. The van der Waals surface area contributed by atoms with E-state index in [1.807, 2.05) is 20.8 Å². The Hall–Kier alpha value is -1.77. The standard InChI is InChI=1S/C24H34O8/c1-11-7-15(27)19-12(2)10-29-24(6)18(31-14(4)26)8-17(30-13(3)25)23(5,28)9-16-20(11)21(19)22(24)32-16/h7,12,16-22,28H,8-10H2,1-6H3/t12?,16?,17-,18-,19?,20?,21?,22?,23-,24+/m1/s1. The van der Waals surface area contributed by atoms with Crippen molar-refractivity contribution in [3.05, 3.63) is 11.6 Å². The summed E-state index contributed by atoms with van der Waals surface area (Å²) < 4.78 is 24.3. The van der Waals surface area contributed by atoms with E-state index in [1.165, 1.54) is 13.8 Å². The zero-order chi connectivity index (χ0) is 23.6. The van der Waals surface area contributed by atoms with Crippen LogP contribution in [-0.2, 0) is 33.3 Å². The highest BCUT2D eigenvalue weighted by molar-refractivity contribution is 5.94. The van der Waals surface area contributed by atoms with Crippen LogP contribution in [0.15, 0.2) is 11.6 Å². The molecule has 4 rings (SSSR count). The van der Waals surface area contributed by atoms with E-state index in [0.29, 0.717) is 6.61 Å². The Bertz CT molecular complexity index is 847. The van der Waals surface area contributed by atoms with Gasteiger partial charge < -0.3 is 24.1 Å². The van der Waals surface area contributed by atoms with Crippen LogP contribution in [0.4, 0.5) is 0 Å². The van der Waals surface area contributed by atoms with Gasteiger partial charge in [0.1, 0.15) is 23.4 Å². The van der Waals surface area contributed by atoms with Crippen LogP contribution in [0.1, 0.15) is 54.4 Å². The summed E-state index contributed by atoms with van der Waals surface area (Å²) in [6.45, 7) is 10.3. The Morgan fingerprint density at radius 2 is 1.75 bits per heavy atom. The van der Waals surface area contributed by atoms with Crippen LogP contribution < -0.4 is 0 Å². The summed E-state index contributed by atoms with van der Waals surface area (Å²) in [6, 6.07) is 0. The quantitative estimate of drug-likeness (QED) is 0.636. The molecule has 8 heteroatoms. The fourth-order valence-corrected chi connectivity index (χ4v) is 6.50. The topological polar surface area (TPSA) is 108 Å². The highest BCUT2D eigenvalue weighted by Crippen LogP contribution is 2.56. The molecular weight excluding hydrogens is 416 g/mol. The first-order valence-electron chi connectivity index (χ1n) is 11.4. The van der Waals surface area contributed by atoms with E-state index in [0.717, 1.165) is 5.57 Å². The molecule has 3 aliphatic heterocycles. The molecule has 1 N–H and O–H groups in total. The molecule has 0 aromatic carbocycles. The number of fused-ring (bicyclic) bond motifs is 2. The second-order valence-corrected chi connectivity index (χ2v) is 10.5. The molecule has 32 heavy (non-hydrogen) atoms. The van der Waals surface area contributed by atoms with Crippen molar-refractivity contribution < 1.29 is 38.4 Å². The molecular formula is C24H34O8. The highest BCUT2D eigenvalue weighted by atomic mass is 16.6. The molecule has 3 fully saturated rings. The number of rotatable bonds is 2. The first kappa shape index (κ1) is 23.4. The van der Waals surface area contributed by atoms with E-state index >= 15 is 0 Å². The Kier molecular flexibility index (Phi) is 5.79. The van der Waals surface area contributed by atoms with Crippen LogP contribution in [0.2, 0.25) is 0 Å². The molecule has 0 amide bonds. The summed E-state index contributed by atoms with van der Waals surface area (Å²) in [4.78, 5) is 37.0. The van der Waals surface area contributed by atoms with Crippen molar-refractivity contribution in [3.8, 4) is 0 Å². The van der Waals surface area contributed by atoms with Gasteiger partial charge in [0.25, 0.3) is 0 Å². The fraction of sp³-hybridized carbons (Fsp3) is 0.792. The third-order valence-corrected chi connectivity index (χ3v) is 7.95. The van der Waals surface area contributed by atoms with Crippen LogP contribution in [-0.4, -0.2) is 65.1 Å². The van der Waals surface area contributed by atoms with Gasteiger partial charge in [0.05, 0.1) is 18.8 Å². The Labute approximate surface area is 188 Å². The SMILES string of the molecule is CC(=O)O[C@@H]1C[C@@H](OC(C)=O)[C@]2(C)OCC(C)C3C(=O)C=C(C)C4C(C[C@@]1(C)O)OC2C34. The number of ether oxygens (including phenoxy) is 4.